The van der Waals surface area contributed by atoms with Crippen LogP contribution in [0, 0.1) is 11.3 Å². The Morgan fingerprint density at radius 2 is 2.06 bits per heavy atom. The van der Waals surface area contributed by atoms with E-state index in [-0.39, 0.29) is 5.79 Å². The van der Waals surface area contributed by atoms with Crippen LogP contribution in [0.2, 0.25) is 0 Å². The first-order chi connectivity index (χ1) is 7.85. The van der Waals surface area contributed by atoms with Crippen LogP contribution in [0.15, 0.2) is 0 Å². The zero-order valence-electron chi connectivity index (χ0n) is 9.78. The molecule has 90 valence electrons. The standard InChI is InChI=1S/C12H20N2O2/c13-6-2-1-3-7-14-8-4-5-12(11-14)15-9-10-16-12/h1-5,7-11H2. The molecule has 0 amide bonds. The fourth-order valence-corrected chi connectivity index (χ4v) is 2.53. The van der Waals surface area contributed by atoms with E-state index in [0.717, 1.165) is 58.5 Å². The molecule has 4 heteroatoms. The van der Waals surface area contributed by atoms with Crippen LogP contribution >= 0.6 is 0 Å². The van der Waals surface area contributed by atoms with E-state index in [2.05, 4.69) is 11.0 Å². The van der Waals surface area contributed by atoms with E-state index >= 15 is 0 Å². The minimum Gasteiger partial charge on any atom is -0.346 e. The molecule has 2 aliphatic heterocycles. The molecule has 2 saturated heterocycles. The van der Waals surface area contributed by atoms with Crippen molar-refractivity contribution in [3.8, 4) is 6.07 Å². The van der Waals surface area contributed by atoms with Gasteiger partial charge in [-0.15, -0.1) is 0 Å². The Labute approximate surface area is 97.1 Å². The van der Waals surface area contributed by atoms with Gasteiger partial charge >= 0.3 is 0 Å². The third-order valence-electron chi connectivity index (χ3n) is 3.32. The lowest BCUT2D eigenvalue weighted by Gasteiger charge is -2.38. The second-order valence-electron chi connectivity index (χ2n) is 4.60. The molecule has 0 N–H and O–H groups in total. The Kier molecular flexibility index (Phi) is 4.16. The molecule has 0 radical (unpaired) electrons. The van der Waals surface area contributed by atoms with Gasteiger partial charge in [-0.05, 0) is 32.4 Å². The van der Waals surface area contributed by atoms with Crippen molar-refractivity contribution in [3.63, 3.8) is 0 Å². The topological polar surface area (TPSA) is 45.5 Å². The van der Waals surface area contributed by atoms with Gasteiger partial charge in [0.1, 0.15) is 0 Å². The predicted molar refractivity (Wildman–Crippen MR) is 59.8 cm³/mol. The summed E-state index contributed by atoms with van der Waals surface area (Å²) in [5.74, 6) is -0.298. The Morgan fingerprint density at radius 1 is 1.25 bits per heavy atom. The molecule has 0 unspecified atom stereocenters. The van der Waals surface area contributed by atoms with E-state index < -0.39 is 0 Å². The van der Waals surface area contributed by atoms with Crippen molar-refractivity contribution in [1.82, 2.24) is 4.90 Å². The van der Waals surface area contributed by atoms with E-state index in [1.165, 1.54) is 0 Å². The largest absolute Gasteiger partial charge is 0.346 e. The molecule has 2 aliphatic rings. The summed E-state index contributed by atoms with van der Waals surface area (Å²) in [7, 11) is 0. The fraction of sp³-hybridized carbons (Fsp3) is 0.917. The van der Waals surface area contributed by atoms with Gasteiger partial charge in [-0.3, -0.25) is 4.90 Å². The van der Waals surface area contributed by atoms with Gasteiger partial charge in [0.15, 0.2) is 5.79 Å². The summed E-state index contributed by atoms with van der Waals surface area (Å²) in [5.41, 5.74) is 0. The van der Waals surface area contributed by atoms with E-state index in [1.807, 2.05) is 0 Å². The molecule has 2 rings (SSSR count). The van der Waals surface area contributed by atoms with Crippen LogP contribution in [0.25, 0.3) is 0 Å². The van der Waals surface area contributed by atoms with Crippen LogP contribution in [0.4, 0.5) is 0 Å². The second kappa shape index (κ2) is 5.62. The van der Waals surface area contributed by atoms with E-state index in [4.69, 9.17) is 14.7 Å². The Balaban J connectivity index is 1.72. The van der Waals surface area contributed by atoms with Crippen molar-refractivity contribution >= 4 is 0 Å². The third-order valence-corrected chi connectivity index (χ3v) is 3.32. The molecule has 4 nitrogen and oxygen atoms in total. The lowest BCUT2D eigenvalue weighted by atomic mass is 10.0. The number of hydrogen-bond donors (Lipinski definition) is 0. The number of rotatable bonds is 4. The van der Waals surface area contributed by atoms with Gasteiger partial charge in [0.25, 0.3) is 0 Å². The number of nitrogens with zero attached hydrogens (tertiary/aromatic N) is 2. The maximum Gasteiger partial charge on any atom is 0.181 e. The van der Waals surface area contributed by atoms with Gasteiger partial charge in [0, 0.05) is 12.8 Å². The van der Waals surface area contributed by atoms with Crippen molar-refractivity contribution in [3.05, 3.63) is 0 Å². The summed E-state index contributed by atoms with van der Waals surface area (Å²) < 4.78 is 11.4. The molecular formula is C12H20N2O2. The molecule has 2 heterocycles. The molecule has 0 aliphatic carbocycles. The number of hydrogen-bond acceptors (Lipinski definition) is 4. The molecular weight excluding hydrogens is 204 g/mol. The Hall–Kier alpha value is -0.630. The number of nitriles is 1. The van der Waals surface area contributed by atoms with Gasteiger partial charge in [0.2, 0.25) is 0 Å². The third kappa shape index (κ3) is 2.94. The van der Waals surface area contributed by atoms with Crippen LogP contribution in [-0.2, 0) is 9.47 Å². The Morgan fingerprint density at radius 3 is 2.81 bits per heavy atom. The van der Waals surface area contributed by atoms with Gasteiger partial charge in [-0.1, -0.05) is 0 Å². The van der Waals surface area contributed by atoms with Gasteiger partial charge in [-0.2, -0.15) is 5.26 Å². The first-order valence-corrected chi connectivity index (χ1v) is 6.22. The maximum absolute atomic E-state index is 8.47. The highest BCUT2D eigenvalue weighted by Gasteiger charge is 2.40. The second-order valence-corrected chi connectivity index (χ2v) is 4.60. The molecule has 0 aromatic carbocycles. The number of unbranched alkanes of at least 4 members (excludes halogenated alkanes) is 2. The molecule has 0 atom stereocenters. The molecule has 1 spiro atoms. The monoisotopic (exact) mass is 224 g/mol. The average molecular weight is 224 g/mol. The number of ether oxygens (including phenoxy) is 2. The predicted octanol–water partition coefficient (Wildman–Crippen LogP) is 1.52. The highest BCUT2D eigenvalue weighted by Crippen LogP contribution is 2.30. The van der Waals surface area contributed by atoms with Crippen molar-refractivity contribution in [1.29, 1.82) is 5.26 Å². The van der Waals surface area contributed by atoms with Crippen LogP contribution < -0.4 is 0 Å². The Bertz CT molecular complexity index is 256. The summed E-state index contributed by atoms with van der Waals surface area (Å²) in [6, 6.07) is 2.19. The van der Waals surface area contributed by atoms with Crippen molar-refractivity contribution in [2.45, 2.75) is 37.9 Å². The maximum atomic E-state index is 8.47. The first-order valence-electron chi connectivity index (χ1n) is 6.22. The smallest absolute Gasteiger partial charge is 0.181 e. The molecule has 0 saturated carbocycles. The summed E-state index contributed by atoms with van der Waals surface area (Å²) >= 11 is 0. The van der Waals surface area contributed by atoms with Crippen molar-refractivity contribution < 1.29 is 9.47 Å². The SMILES string of the molecule is N#CCCCCN1CCCC2(C1)OCCO2. The van der Waals surface area contributed by atoms with E-state index in [0.29, 0.717) is 6.42 Å². The zero-order chi connectivity index (χ0) is 11.3. The first kappa shape index (κ1) is 11.8. The summed E-state index contributed by atoms with van der Waals surface area (Å²) in [4.78, 5) is 2.41. The van der Waals surface area contributed by atoms with Crippen LogP contribution in [-0.4, -0.2) is 43.5 Å². The van der Waals surface area contributed by atoms with Crippen LogP contribution in [0.1, 0.15) is 32.1 Å². The molecule has 2 fully saturated rings. The summed E-state index contributed by atoms with van der Waals surface area (Å²) in [6.07, 6.45) is 4.96. The molecule has 0 bridgehead atoms. The highest BCUT2D eigenvalue weighted by atomic mass is 16.7. The van der Waals surface area contributed by atoms with Crippen LogP contribution in [0.5, 0.6) is 0 Å². The quantitative estimate of drug-likeness (QED) is 0.679. The van der Waals surface area contributed by atoms with Gasteiger partial charge < -0.3 is 9.47 Å². The van der Waals surface area contributed by atoms with E-state index in [9.17, 15) is 0 Å². The lowest BCUT2D eigenvalue weighted by molar-refractivity contribution is -0.189. The van der Waals surface area contributed by atoms with E-state index in [1.54, 1.807) is 0 Å². The highest BCUT2D eigenvalue weighted by molar-refractivity contribution is 4.83. The molecule has 0 aromatic rings. The zero-order valence-corrected chi connectivity index (χ0v) is 9.78. The van der Waals surface area contributed by atoms with Crippen LogP contribution in [0.3, 0.4) is 0 Å². The summed E-state index contributed by atoms with van der Waals surface area (Å²) in [6.45, 7) is 4.58. The average Bonchev–Trinajstić information content (AvgIpc) is 2.73. The minimum absolute atomic E-state index is 0.298. The summed E-state index contributed by atoms with van der Waals surface area (Å²) in [5, 5.41) is 8.47. The minimum atomic E-state index is -0.298. The van der Waals surface area contributed by atoms with Crippen molar-refractivity contribution in [2.75, 3.05) is 32.8 Å². The number of likely N-dealkylation sites (tertiary alicyclic amines) is 1. The normalized spacial score (nSPS) is 24.7. The van der Waals surface area contributed by atoms with Gasteiger partial charge in [-0.25, -0.2) is 0 Å². The van der Waals surface area contributed by atoms with Crippen molar-refractivity contribution in [2.24, 2.45) is 0 Å². The molecule has 0 aromatic heterocycles. The number of piperidine rings is 1. The molecule has 16 heavy (non-hydrogen) atoms. The lowest BCUT2D eigenvalue weighted by Crippen LogP contribution is -2.49. The fourth-order valence-electron chi connectivity index (χ4n) is 2.53. The van der Waals surface area contributed by atoms with Gasteiger partial charge in [0.05, 0.1) is 25.8 Å².